The Morgan fingerprint density at radius 2 is 1.62 bits per heavy atom. The molecule has 0 fully saturated rings. The van der Waals surface area contributed by atoms with Gasteiger partial charge in [0.1, 0.15) is 5.60 Å². The predicted molar refractivity (Wildman–Crippen MR) is 104 cm³/mol. The van der Waals surface area contributed by atoms with Crippen molar-refractivity contribution in [1.29, 1.82) is 0 Å². The fourth-order valence-electron chi connectivity index (χ4n) is 2.15. The van der Waals surface area contributed by atoms with Crippen LogP contribution in [0.2, 0.25) is 0 Å². The van der Waals surface area contributed by atoms with Crippen molar-refractivity contribution in [2.75, 3.05) is 41.2 Å². The largest absolute Gasteiger partial charge is 0.443 e. The number of hydrogen-bond donors (Lipinski definition) is 0. The molecule has 0 bridgehead atoms. The molecule has 0 saturated heterocycles. The van der Waals surface area contributed by atoms with Crippen molar-refractivity contribution >= 4 is 40.7 Å². The highest BCUT2D eigenvalue weighted by molar-refractivity contribution is 6.18. The van der Waals surface area contributed by atoms with Crippen molar-refractivity contribution < 1.29 is 9.53 Å². The third-order valence-corrected chi connectivity index (χ3v) is 3.50. The van der Waals surface area contributed by atoms with Gasteiger partial charge in [0.15, 0.2) is 0 Å². The summed E-state index contributed by atoms with van der Waals surface area (Å²) in [6.45, 7) is 11.1. The Labute approximate surface area is 155 Å². The van der Waals surface area contributed by atoms with Crippen molar-refractivity contribution in [2.24, 2.45) is 0 Å². The highest BCUT2D eigenvalue weighted by Crippen LogP contribution is 2.23. The quantitative estimate of drug-likeness (QED) is 0.480. The van der Waals surface area contributed by atoms with Crippen LogP contribution in [0.1, 0.15) is 20.8 Å². The zero-order valence-corrected chi connectivity index (χ0v) is 16.1. The van der Waals surface area contributed by atoms with E-state index in [1.807, 2.05) is 45.0 Å². The lowest BCUT2D eigenvalue weighted by atomic mass is 10.2. The SMILES string of the molecule is C=CCN(C(=O)OC(C)(C)C)c1ccc(N(CCCl)CCCl)cc1. The van der Waals surface area contributed by atoms with Crippen LogP contribution in [0.3, 0.4) is 0 Å². The summed E-state index contributed by atoms with van der Waals surface area (Å²) in [7, 11) is 0. The maximum absolute atomic E-state index is 12.4. The molecule has 0 unspecified atom stereocenters. The second-order valence-electron chi connectivity index (χ2n) is 6.26. The predicted octanol–water partition coefficient (Wildman–Crippen LogP) is 4.90. The summed E-state index contributed by atoms with van der Waals surface area (Å²) in [6.07, 6.45) is 1.28. The summed E-state index contributed by atoms with van der Waals surface area (Å²) in [5.74, 6) is 1.05. The molecule has 0 atom stereocenters. The van der Waals surface area contributed by atoms with E-state index in [0.717, 1.165) is 24.5 Å². The van der Waals surface area contributed by atoms with Crippen LogP contribution in [0.4, 0.5) is 16.2 Å². The van der Waals surface area contributed by atoms with Gasteiger partial charge in [0, 0.05) is 42.8 Å². The Hall–Kier alpha value is -1.39. The molecule has 24 heavy (non-hydrogen) atoms. The molecule has 0 radical (unpaired) electrons. The molecule has 0 aliphatic rings. The Morgan fingerprint density at radius 1 is 1.12 bits per heavy atom. The summed E-state index contributed by atoms with van der Waals surface area (Å²) >= 11 is 11.7. The van der Waals surface area contributed by atoms with Crippen LogP contribution in [0.25, 0.3) is 0 Å². The average molecular weight is 373 g/mol. The minimum atomic E-state index is -0.548. The zero-order valence-electron chi connectivity index (χ0n) is 14.6. The van der Waals surface area contributed by atoms with Gasteiger partial charge in [-0.25, -0.2) is 4.79 Å². The summed E-state index contributed by atoms with van der Waals surface area (Å²) < 4.78 is 5.46. The van der Waals surface area contributed by atoms with Crippen molar-refractivity contribution in [3.05, 3.63) is 36.9 Å². The van der Waals surface area contributed by atoms with Gasteiger partial charge in [-0.1, -0.05) is 6.08 Å². The smallest absolute Gasteiger partial charge is 0.415 e. The third kappa shape index (κ3) is 6.62. The average Bonchev–Trinajstić information content (AvgIpc) is 2.51. The second-order valence-corrected chi connectivity index (χ2v) is 7.02. The maximum atomic E-state index is 12.4. The number of benzene rings is 1. The summed E-state index contributed by atoms with van der Waals surface area (Å²) in [4.78, 5) is 16.0. The first-order valence-electron chi connectivity index (χ1n) is 7.90. The van der Waals surface area contributed by atoms with Gasteiger partial charge in [0.25, 0.3) is 0 Å². The van der Waals surface area contributed by atoms with E-state index < -0.39 is 11.7 Å². The Kier molecular flexibility index (Phi) is 8.43. The number of alkyl halides is 2. The Bertz CT molecular complexity index is 521. The van der Waals surface area contributed by atoms with Gasteiger partial charge < -0.3 is 9.64 Å². The van der Waals surface area contributed by atoms with E-state index in [2.05, 4.69) is 11.5 Å². The molecule has 1 aromatic carbocycles. The van der Waals surface area contributed by atoms with Crippen LogP contribution in [-0.4, -0.2) is 43.1 Å². The number of carbonyl (C=O) groups excluding carboxylic acids is 1. The van der Waals surface area contributed by atoms with Crippen molar-refractivity contribution in [2.45, 2.75) is 26.4 Å². The van der Waals surface area contributed by atoms with Crippen molar-refractivity contribution in [1.82, 2.24) is 0 Å². The van der Waals surface area contributed by atoms with Gasteiger partial charge in [0.2, 0.25) is 0 Å². The van der Waals surface area contributed by atoms with E-state index in [0.29, 0.717) is 18.3 Å². The van der Waals surface area contributed by atoms with Crippen LogP contribution in [0.5, 0.6) is 0 Å². The van der Waals surface area contributed by atoms with E-state index >= 15 is 0 Å². The number of anilines is 2. The number of hydrogen-bond acceptors (Lipinski definition) is 3. The highest BCUT2D eigenvalue weighted by atomic mass is 35.5. The van der Waals surface area contributed by atoms with Crippen LogP contribution >= 0.6 is 23.2 Å². The molecule has 4 nitrogen and oxygen atoms in total. The van der Waals surface area contributed by atoms with Gasteiger partial charge in [-0.15, -0.1) is 29.8 Å². The number of ether oxygens (including phenoxy) is 1. The molecule has 1 amide bonds. The van der Waals surface area contributed by atoms with Gasteiger partial charge in [-0.3, -0.25) is 4.90 Å². The number of rotatable bonds is 8. The molecule has 0 spiro atoms. The first-order chi connectivity index (χ1) is 11.3. The van der Waals surface area contributed by atoms with E-state index in [4.69, 9.17) is 27.9 Å². The van der Waals surface area contributed by atoms with E-state index in [1.54, 1.807) is 11.0 Å². The Morgan fingerprint density at radius 3 is 2.04 bits per heavy atom. The summed E-state index contributed by atoms with van der Waals surface area (Å²) in [5.41, 5.74) is 1.22. The topological polar surface area (TPSA) is 32.8 Å². The van der Waals surface area contributed by atoms with Crippen molar-refractivity contribution in [3.8, 4) is 0 Å². The Balaban J connectivity index is 2.96. The van der Waals surface area contributed by atoms with Crippen LogP contribution < -0.4 is 9.80 Å². The number of carbonyl (C=O) groups is 1. The fraction of sp³-hybridized carbons (Fsp3) is 0.500. The summed E-state index contributed by atoms with van der Waals surface area (Å²) in [5, 5.41) is 0. The molecule has 0 N–H and O–H groups in total. The van der Waals surface area contributed by atoms with E-state index in [9.17, 15) is 4.79 Å². The number of halogens is 2. The first-order valence-corrected chi connectivity index (χ1v) is 8.97. The van der Waals surface area contributed by atoms with Gasteiger partial charge in [0.05, 0.1) is 0 Å². The second kappa shape index (κ2) is 9.80. The number of nitrogens with zero attached hydrogens (tertiary/aromatic N) is 2. The first kappa shape index (κ1) is 20.7. The molecule has 1 aromatic rings. The van der Waals surface area contributed by atoms with Gasteiger partial charge in [-0.2, -0.15) is 0 Å². The molecule has 6 heteroatoms. The van der Waals surface area contributed by atoms with Crippen LogP contribution in [-0.2, 0) is 4.74 Å². The molecular formula is C18H26Cl2N2O2. The zero-order chi connectivity index (χ0) is 18.2. The molecule has 0 saturated carbocycles. The number of amides is 1. The van der Waals surface area contributed by atoms with Gasteiger partial charge >= 0.3 is 6.09 Å². The molecular weight excluding hydrogens is 347 g/mol. The minimum absolute atomic E-state index is 0.376. The normalized spacial score (nSPS) is 11.0. The molecule has 0 aliphatic heterocycles. The monoisotopic (exact) mass is 372 g/mol. The molecule has 0 aromatic heterocycles. The highest BCUT2D eigenvalue weighted by Gasteiger charge is 2.22. The summed E-state index contributed by atoms with van der Waals surface area (Å²) in [6, 6.07) is 7.68. The molecule has 0 heterocycles. The lowest BCUT2D eigenvalue weighted by Crippen LogP contribution is -2.37. The van der Waals surface area contributed by atoms with Crippen LogP contribution in [0, 0.1) is 0 Å². The standard InChI is InChI=1S/C18H26Cl2N2O2/c1-5-12-22(17(23)24-18(2,3)4)16-8-6-15(7-9-16)21(13-10-19)14-11-20/h5-9H,1,10-14H2,2-4H3. The molecule has 134 valence electrons. The van der Waals surface area contributed by atoms with Crippen molar-refractivity contribution in [3.63, 3.8) is 0 Å². The molecule has 0 aliphatic carbocycles. The van der Waals surface area contributed by atoms with E-state index in [1.165, 1.54) is 0 Å². The lowest BCUT2D eigenvalue weighted by Gasteiger charge is -2.27. The maximum Gasteiger partial charge on any atom is 0.415 e. The minimum Gasteiger partial charge on any atom is -0.443 e. The van der Waals surface area contributed by atoms with Crippen LogP contribution in [0.15, 0.2) is 36.9 Å². The van der Waals surface area contributed by atoms with Gasteiger partial charge in [-0.05, 0) is 45.0 Å². The molecule has 1 rings (SSSR count). The van der Waals surface area contributed by atoms with E-state index in [-0.39, 0.29) is 0 Å². The lowest BCUT2D eigenvalue weighted by molar-refractivity contribution is 0.0584. The third-order valence-electron chi connectivity index (χ3n) is 3.16. The fourth-order valence-corrected chi connectivity index (χ4v) is 2.56.